The predicted molar refractivity (Wildman–Crippen MR) is 114 cm³/mol. The van der Waals surface area contributed by atoms with Crippen molar-refractivity contribution >= 4 is 17.6 Å². The van der Waals surface area contributed by atoms with Crippen LogP contribution in [0.1, 0.15) is 57.4 Å². The predicted octanol–water partition coefficient (Wildman–Crippen LogP) is 3.59. The van der Waals surface area contributed by atoms with Gasteiger partial charge in [-0.15, -0.1) is 0 Å². The van der Waals surface area contributed by atoms with E-state index in [1.165, 1.54) is 19.3 Å². The van der Waals surface area contributed by atoms with E-state index >= 15 is 0 Å². The third kappa shape index (κ3) is 10.3. The number of benzene rings is 1. The highest BCUT2D eigenvalue weighted by Crippen LogP contribution is 2.17. The molecule has 29 heavy (non-hydrogen) atoms. The molecule has 0 aromatic heterocycles. The van der Waals surface area contributed by atoms with Gasteiger partial charge in [-0.05, 0) is 43.9 Å². The molecule has 1 aliphatic carbocycles. The molecule has 7 nitrogen and oxygen atoms in total. The number of hydrogen-bond donors (Lipinski definition) is 3. The number of anilines is 1. The minimum Gasteiger partial charge on any atom is -0.379 e. The Labute approximate surface area is 173 Å². The first-order valence-corrected chi connectivity index (χ1v) is 10.8. The maximum atomic E-state index is 12.1. The zero-order valence-corrected chi connectivity index (χ0v) is 17.5. The average Bonchev–Trinajstić information content (AvgIpc) is 2.72. The lowest BCUT2D eigenvalue weighted by molar-refractivity contribution is -0.116. The Morgan fingerprint density at radius 2 is 1.90 bits per heavy atom. The van der Waals surface area contributed by atoms with Gasteiger partial charge in [0.2, 0.25) is 5.91 Å². The van der Waals surface area contributed by atoms with Crippen LogP contribution in [0.3, 0.4) is 0 Å². The number of carbonyl (C=O) groups excluding carboxylic acids is 2. The van der Waals surface area contributed by atoms with Crippen LogP contribution in [0.5, 0.6) is 0 Å². The van der Waals surface area contributed by atoms with E-state index in [1.807, 2.05) is 31.2 Å². The molecule has 3 amide bonds. The van der Waals surface area contributed by atoms with Crippen molar-refractivity contribution in [2.24, 2.45) is 0 Å². The van der Waals surface area contributed by atoms with Gasteiger partial charge in [0.15, 0.2) is 0 Å². The summed E-state index contributed by atoms with van der Waals surface area (Å²) in [6.45, 7) is 4.74. The first kappa shape index (κ1) is 23.2. The number of amides is 3. The molecule has 1 aromatic carbocycles. The Hall–Kier alpha value is -2.12. The van der Waals surface area contributed by atoms with Gasteiger partial charge in [-0.25, -0.2) is 4.79 Å². The summed E-state index contributed by atoms with van der Waals surface area (Å²) in [5, 5.41) is 8.75. The molecular weight excluding hydrogens is 370 g/mol. The standard InChI is InChI=1S/C22H35N3O4/c1-2-28-14-15-29-17-18-8-6-11-20(16-18)24-21(26)12-7-13-23-22(27)25-19-9-4-3-5-10-19/h6,8,11,16,19H,2-5,7,9-10,12-15,17H2,1H3,(H,24,26)(H2,23,25,27). The second-order valence-electron chi connectivity index (χ2n) is 7.34. The number of urea groups is 1. The van der Waals surface area contributed by atoms with Crippen molar-refractivity contribution in [2.75, 3.05) is 31.7 Å². The number of hydrogen-bond acceptors (Lipinski definition) is 4. The zero-order valence-electron chi connectivity index (χ0n) is 17.5. The molecular formula is C22H35N3O4. The van der Waals surface area contributed by atoms with Crippen molar-refractivity contribution in [2.45, 2.75) is 64.5 Å². The number of ether oxygens (including phenoxy) is 2. The smallest absolute Gasteiger partial charge is 0.315 e. The van der Waals surface area contributed by atoms with Gasteiger partial charge < -0.3 is 25.4 Å². The molecule has 2 rings (SSSR count). The second kappa shape index (κ2) is 14.0. The largest absolute Gasteiger partial charge is 0.379 e. The van der Waals surface area contributed by atoms with Gasteiger partial charge in [-0.1, -0.05) is 31.4 Å². The Morgan fingerprint density at radius 3 is 2.69 bits per heavy atom. The van der Waals surface area contributed by atoms with Crippen LogP contribution in [-0.2, 0) is 20.9 Å². The molecule has 0 spiro atoms. The lowest BCUT2D eigenvalue weighted by Gasteiger charge is -2.22. The van der Waals surface area contributed by atoms with Crippen LogP contribution in [0.2, 0.25) is 0 Å². The normalized spacial score (nSPS) is 14.4. The van der Waals surface area contributed by atoms with Crippen LogP contribution in [0.15, 0.2) is 24.3 Å². The summed E-state index contributed by atoms with van der Waals surface area (Å²) in [6.07, 6.45) is 6.72. The van der Waals surface area contributed by atoms with E-state index in [-0.39, 0.29) is 11.9 Å². The van der Waals surface area contributed by atoms with E-state index in [2.05, 4.69) is 16.0 Å². The van der Waals surface area contributed by atoms with E-state index in [4.69, 9.17) is 9.47 Å². The molecule has 7 heteroatoms. The van der Waals surface area contributed by atoms with Crippen molar-refractivity contribution in [3.63, 3.8) is 0 Å². The number of rotatable bonds is 12. The Kier molecular flexibility index (Phi) is 11.1. The summed E-state index contributed by atoms with van der Waals surface area (Å²) < 4.78 is 10.8. The van der Waals surface area contributed by atoms with Crippen LogP contribution in [0.25, 0.3) is 0 Å². The molecule has 1 fully saturated rings. The fourth-order valence-electron chi connectivity index (χ4n) is 3.35. The summed E-state index contributed by atoms with van der Waals surface area (Å²) in [5.74, 6) is -0.0612. The first-order valence-electron chi connectivity index (χ1n) is 10.8. The minimum atomic E-state index is -0.130. The monoisotopic (exact) mass is 405 g/mol. The van der Waals surface area contributed by atoms with Gasteiger partial charge in [0.25, 0.3) is 0 Å². The van der Waals surface area contributed by atoms with Gasteiger partial charge in [0.1, 0.15) is 0 Å². The fourth-order valence-corrected chi connectivity index (χ4v) is 3.35. The highest BCUT2D eigenvalue weighted by atomic mass is 16.5. The molecule has 162 valence electrons. The van der Waals surface area contributed by atoms with Crippen molar-refractivity contribution in [3.8, 4) is 0 Å². The van der Waals surface area contributed by atoms with Crippen LogP contribution >= 0.6 is 0 Å². The van der Waals surface area contributed by atoms with Crippen LogP contribution in [-0.4, -0.2) is 44.3 Å². The second-order valence-corrected chi connectivity index (χ2v) is 7.34. The molecule has 0 aliphatic heterocycles. The molecule has 0 unspecified atom stereocenters. The molecule has 0 radical (unpaired) electrons. The zero-order chi connectivity index (χ0) is 20.7. The highest BCUT2D eigenvalue weighted by molar-refractivity contribution is 5.90. The summed E-state index contributed by atoms with van der Waals surface area (Å²) >= 11 is 0. The van der Waals surface area contributed by atoms with E-state index in [0.717, 1.165) is 24.1 Å². The van der Waals surface area contributed by atoms with Crippen molar-refractivity contribution in [3.05, 3.63) is 29.8 Å². The van der Waals surface area contributed by atoms with E-state index < -0.39 is 0 Å². The van der Waals surface area contributed by atoms with Crippen LogP contribution < -0.4 is 16.0 Å². The third-order valence-electron chi connectivity index (χ3n) is 4.86. The summed E-state index contributed by atoms with van der Waals surface area (Å²) in [6, 6.07) is 7.79. The Bertz CT molecular complexity index is 618. The first-order chi connectivity index (χ1) is 14.2. The van der Waals surface area contributed by atoms with E-state index in [1.54, 1.807) is 0 Å². The quantitative estimate of drug-likeness (QED) is 0.464. The van der Waals surface area contributed by atoms with Gasteiger partial charge in [-0.3, -0.25) is 4.79 Å². The minimum absolute atomic E-state index is 0.0612. The van der Waals surface area contributed by atoms with Gasteiger partial charge in [0, 0.05) is 31.3 Å². The fraction of sp³-hybridized carbons (Fsp3) is 0.636. The summed E-state index contributed by atoms with van der Waals surface area (Å²) in [7, 11) is 0. The van der Waals surface area contributed by atoms with Crippen molar-refractivity contribution < 1.29 is 19.1 Å². The average molecular weight is 406 g/mol. The van der Waals surface area contributed by atoms with Crippen LogP contribution in [0.4, 0.5) is 10.5 Å². The molecule has 0 atom stereocenters. The van der Waals surface area contributed by atoms with Crippen LogP contribution in [0, 0.1) is 0 Å². The van der Waals surface area contributed by atoms with Crippen molar-refractivity contribution in [1.82, 2.24) is 10.6 Å². The SMILES string of the molecule is CCOCCOCc1cccc(NC(=O)CCCNC(=O)NC2CCCCC2)c1. The third-order valence-corrected chi connectivity index (χ3v) is 4.86. The topological polar surface area (TPSA) is 88.7 Å². The molecule has 1 saturated carbocycles. The molecule has 3 N–H and O–H groups in total. The lowest BCUT2D eigenvalue weighted by Crippen LogP contribution is -2.43. The molecule has 0 bridgehead atoms. The number of nitrogens with one attached hydrogen (secondary N) is 3. The highest BCUT2D eigenvalue weighted by Gasteiger charge is 2.15. The molecule has 0 saturated heterocycles. The molecule has 1 aromatic rings. The van der Waals surface area contributed by atoms with Crippen molar-refractivity contribution in [1.29, 1.82) is 0 Å². The van der Waals surface area contributed by atoms with Gasteiger partial charge in [-0.2, -0.15) is 0 Å². The van der Waals surface area contributed by atoms with E-state index in [0.29, 0.717) is 51.9 Å². The lowest BCUT2D eigenvalue weighted by atomic mass is 9.96. The Morgan fingerprint density at radius 1 is 1.10 bits per heavy atom. The van der Waals surface area contributed by atoms with Gasteiger partial charge in [0.05, 0.1) is 19.8 Å². The maximum absolute atomic E-state index is 12.1. The molecule has 0 heterocycles. The van der Waals surface area contributed by atoms with E-state index in [9.17, 15) is 9.59 Å². The summed E-state index contributed by atoms with van der Waals surface area (Å²) in [4.78, 5) is 24.0. The Balaban J connectivity index is 1.58. The molecule has 1 aliphatic rings. The maximum Gasteiger partial charge on any atom is 0.315 e. The van der Waals surface area contributed by atoms with Gasteiger partial charge >= 0.3 is 6.03 Å². The summed E-state index contributed by atoms with van der Waals surface area (Å²) in [5.41, 5.74) is 1.75. The number of carbonyl (C=O) groups is 2.